The largest absolute Gasteiger partial charge is 0.291 e. The molecule has 1 aliphatic carbocycles. The quantitative estimate of drug-likeness (QED) is 0.353. The van der Waals surface area contributed by atoms with E-state index in [0.29, 0.717) is 30.4 Å². The van der Waals surface area contributed by atoms with E-state index in [1.165, 1.54) is 19.3 Å². The topological polar surface area (TPSA) is 115 Å². The molecule has 1 fully saturated rings. The molecule has 9 heteroatoms. The molecule has 3 heterocycles. The molecule has 0 saturated heterocycles. The van der Waals surface area contributed by atoms with Crippen LogP contribution in [0.5, 0.6) is 0 Å². The second-order valence-corrected chi connectivity index (χ2v) is 9.25. The third-order valence-corrected chi connectivity index (χ3v) is 6.68. The van der Waals surface area contributed by atoms with Crippen LogP contribution in [0.15, 0.2) is 42.7 Å². The van der Waals surface area contributed by atoms with E-state index < -0.39 is 0 Å². The molecular formula is C26H30N8O. The minimum atomic E-state index is 0.0781. The van der Waals surface area contributed by atoms with Crippen LogP contribution in [0.25, 0.3) is 22.5 Å². The molecular weight excluding hydrogens is 440 g/mol. The van der Waals surface area contributed by atoms with Crippen molar-refractivity contribution >= 4 is 5.78 Å². The number of hydrogen-bond acceptors (Lipinski definition) is 7. The number of pyridine rings is 1. The Morgan fingerprint density at radius 1 is 1.09 bits per heavy atom. The second-order valence-electron chi connectivity index (χ2n) is 9.25. The van der Waals surface area contributed by atoms with Crippen LogP contribution in [-0.2, 0) is 13.0 Å². The van der Waals surface area contributed by atoms with Gasteiger partial charge in [-0.15, -0.1) is 10.2 Å². The van der Waals surface area contributed by atoms with Crippen molar-refractivity contribution in [2.45, 2.75) is 64.8 Å². The first-order valence-electron chi connectivity index (χ1n) is 12.5. The number of nitrogens with one attached hydrogen (secondary N) is 1. The number of hydrogen-bond donors (Lipinski definition) is 1. The van der Waals surface area contributed by atoms with Gasteiger partial charge in [0, 0.05) is 42.9 Å². The molecule has 1 aromatic carbocycles. The van der Waals surface area contributed by atoms with Crippen molar-refractivity contribution in [1.82, 2.24) is 40.4 Å². The van der Waals surface area contributed by atoms with Crippen molar-refractivity contribution in [3.63, 3.8) is 0 Å². The lowest BCUT2D eigenvalue weighted by Crippen LogP contribution is -2.13. The van der Waals surface area contributed by atoms with Crippen LogP contribution in [-0.4, -0.2) is 46.2 Å². The predicted octanol–water partition coefficient (Wildman–Crippen LogP) is 4.67. The van der Waals surface area contributed by atoms with E-state index in [4.69, 9.17) is 0 Å². The van der Waals surface area contributed by atoms with Gasteiger partial charge in [-0.2, -0.15) is 0 Å². The summed E-state index contributed by atoms with van der Waals surface area (Å²) in [5.74, 6) is 2.37. The Morgan fingerprint density at radius 3 is 2.66 bits per heavy atom. The number of ketones is 1. The van der Waals surface area contributed by atoms with E-state index in [1.54, 1.807) is 6.20 Å². The smallest absolute Gasteiger partial charge is 0.217 e. The van der Waals surface area contributed by atoms with Crippen LogP contribution >= 0.6 is 0 Å². The van der Waals surface area contributed by atoms with E-state index in [-0.39, 0.29) is 5.78 Å². The minimum Gasteiger partial charge on any atom is -0.291 e. The molecule has 0 spiro atoms. The van der Waals surface area contributed by atoms with Crippen LogP contribution in [0.1, 0.15) is 73.9 Å². The van der Waals surface area contributed by atoms with E-state index in [9.17, 15) is 4.79 Å². The van der Waals surface area contributed by atoms with Gasteiger partial charge in [0.25, 0.3) is 0 Å². The Balaban J connectivity index is 1.34. The van der Waals surface area contributed by atoms with Gasteiger partial charge in [-0.3, -0.25) is 9.78 Å². The zero-order chi connectivity index (χ0) is 24.0. The Kier molecular flexibility index (Phi) is 7.02. The second kappa shape index (κ2) is 10.7. The average Bonchev–Trinajstić information content (AvgIpc) is 3.56. The fourth-order valence-electron chi connectivity index (χ4n) is 4.85. The number of carbonyl (C=O) groups excluding carboxylic acids is 1. The van der Waals surface area contributed by atoms with E-state index >= 15 is 0 Å². The third-order valence-electron chi connectivity index (χ3n) is 6.68. The predicted molar refractivity (Wildman–Crippen MR) is 131 cm³/mol. The van der Waals surface area contributed by atoms with Crippen molar-refractivity contribution in [2.75, 3.05) is 0 Å². The standard InChI is InChI=1S/C26H30N8O/c1-2-14-34-24(28-26(31-34)23(35)15-18-6-4-3-5-7-18)16-19-8-10-20(11-9-19)22-17-27-13-12-21(22)25-29-32-33-30-25/h8-13,17-18H,2-7,14-16H2,1H3,(H,29,30,32,33). The van der Waals surface area contributed by atoms with Gasteiger partial charge in [0.15, 0.2) is 5.82 Å². The summed E-state index contributed by atoms with van der Waals surface area (Å²) in [6.45, 7) is 2.86. The number of benzene rings is 1. The number of aromatic nitrogens is 8. The molecule has 1 aliphatic rings. The van der Waals surface area contributed by atoms with Gasteiger partial charge in [0.2, 0.25) is 11.6 Å². The minimum absolute atomic E-state index is 0.0781. The van der Waals surface area contributed by atoms with Crippen molar-refractivity contribution in [3.8, 4) is 22.5 Å². The summed E-state index contributed by atoms with van der Waals surface area (Å²) >= 11 is 0. The maximum atomic E-state index is 12.9. The fourth-order valence-corrected chi connectivity index (χ4v) is 4.85. The lowest BCUT2D eigenvalue weighted by Gasteiger charge is -2.19. The maximum Gasteiger partial charge on any atom is 0.217 e. The molecule has 1 N–H and O–H groups in total. The first-order chi connectivity index (χ1) is 17.2. The van der Waals surface area contributed by atoms with Crippen LogP contribution in [0.2, 0.25) is 0 Å². The summed E-state index contributed by atoms with van der Waals surface area (Å²) in [4.78, 5) is 21.9. The lowest BCUT2D eigenvalue weighted by atomic mass is 9.86. The number of carbonyl (C=O) groups is 1. The maximum absolute atomic E-state index is 12.9. The van der Waals surface area contributed by atoms with Crippen molar-refractivity contribution < 1.29 is 4.79 Å². The van der Waals surface area contributed by atoms with Gasteiger partial charge in [0.1, 0.15) is 5.82 Å². The molecule has 35 heavy (non-hydrogen) atoms. The highest BCUT2D eigenvalue weighted by Crippen LogP contribution is 2.29. The summed E-state index contributed by atoms with van der Waals surface area (Å²) in [6.07, 6.45) is 11.7. The van der Waals surface area contributed by atoms with Crippen molar-refractivity contribution in [3.05, 3.63) is 59.9 Å². The first kappa shape index (κ1) is 23.0. The monoisotopic (exact) mass is 470 g/mol. The third kappa shape index (κ3) is 5.34. The van der Waals surface area contributed by atoms with E-state index in [2.05, 4.69) is 66.9 Å². The van der Waals surface area contributed by atoms with Crippen molar-refractivity contribution in [1.29, 1.82) is 0 Å². The van der Waals surface area contributed by atoms with Gasteiger partial charge in [-0.05, 0) is 40.0 Å². The number of Topliss-reactive ketones (excluding diaryl/α,β-unsaturated/α-hetero) is 1. The molecule has 0 bridgehead atoms. The van der Waals surface area contributed by atoms with Gasteiger partial charge in [-0.25, -0.2) is 14.8 Å². The molecule has 1 saturated carbocycles. The molecule has 0 atom stereocenters. The normalized spacial score (nSPS) is 14.3. The molecule has 9 nitrogen and oxygen atoms in total. The molecule has 0 aliphatic heterocycles. The zero-order valence-corrected chi connectivity index (χ0v) is 20.0. The summed E-state index contributed by atoms with van der Waals surface area (Å²) in [7, 11) is 0. The van der Waals surface area contributed by atoms with E-state index in [0.717, 1.165) is 53.9 Å². The highest BCUT2D eigenvalue weighted by molar-refractivity contribution is 5.92. The Hall–Kier alpha value is -3.75. The van der Waals surface area contributed by atoms with Gasteiger partial charge < -0.3 is 0 Å². The van der Waals surface area contributed by atoms with Crippen LogP contribution in [0.3, 0.4) is 0 Å². The number of H-pyrrole nitrogens is 1. The summed E-state index contributed by atoms with van der Waals surface area (Å²) in [5, 5.41) is 18.8. The molecule has 3 aromatic heterocycles. The van der Waals surface area contributed by atoms with Gasteiger partial charge in [-0.1, -0.05) is 63.3 Å². The highest BCUT2D eigenvalue weighted by Gasteiger charge is 2.22. The zero-order valence-electron chi connectivity index (χ0n) is 20.0. The van der Waals surface area contributed by atoms with Crippen molar-refractivity contribution in [2.24, 2.45) is 5.92 Å². The first-order valence-corrected chi connectivity index (χ1v) is 12.5. The Bertz CT molecular complexity index is 1260. The summed E-state index contributed by atoms with van der Waals surface area (Å²) in [5.41, 5.74) is 3.96. The van der Waals surface area contributed by atoms with Crippen LogP contribution in [0, 0.1) is 5.92 Å². The Morgan fingerprint density at radius 2 is 1.91 bits per heavy atom. The highest BCUT2D eigenvalue weighted by atomic mass is 16.1. The molecule has 0 radical (unpaired) electrons. The fraction of sp³-hybridized carbons (Fsp3) is 0.423. The summed E-state index contributed by atoms with van der Waals surface area (Å²) in [6, 6.07) is 10.2. The number of rotatable bonds is 9. The van der Waals surface area contributed by atoms with E-state index in [1.807, 2.05) is 16.9 Å². The van der Waals surface area contributed by atoms with Gasteiger partial charge >= 0.3 is 0 Å². The Labute approximate surface area is 204 Å². The molecule has 4 aromatic rings. The molecule has 180 valence electrons. The van der Waals surface area contributed by atoms with Gasteiger partial charge in [0.05, 0.1) is 0 Å². The molecule has 0 unspecified atom stereocenters. The molecule has 0 amide bonds. The summed E-state index contributed by atoms with van der Waals surface area (Å²) < 4.78 is 1.90. The lowest BCUT2D eigenvalue weighted by molar-refractivity contribution is 0.0939. The number of aromatic amines is 1. The molecule has 5 rings (SSSR count). The number of nitrogens with zero attached hydrogens (tertiary/aromatic N) is 7. The van der Waals surface area contributed by atoms with Crippen LogP contribution in [0.4, 0.5) is 0 Å². The number of tetrazole rings is 1. The number of aryl methyl sites for hydroxylation is 1. The van der Waals surface area contributed by atoms with Crippen LogP contribution < -0.4 is 0 Å². The average molecular weight is 471 g/mol. The SMILES string of the molecule is CCCn1nc(C(=O)CC2CCCCC2)nc1Cc1ccc(-c2cnccc2-c2nnn[nH]2)cc1.